The third-order valence-corrected chi connectivity index (χ3v) is 3.61. The predicted molar refractivity (Wildman–Crippen MR) is 88.6 cm³/mol. The van der Waals surface area contributed by atoms with E-state index in [4.69, 9.17) is 4.74 Å². The van der Waals surface area contributed by atoms with Crippen LogP contribution in [0.1, 0.15) is 17.5 Å². The zero-order valence-corrected chi connectivity index (χ0v) is 13.2. The Morgan fingerprint density at radius 3 is 2.73 bits per heavy atom. The molecule has 0 spiro atoms. The molecule has 2 amide bonds. The van der Waals surface area contributed by atoms with Gasteiger partial charge in [0.05, 0.1) is 13.2 Å². The molecule has 0 saturated carbocycles. The highest BCUT2D eigenvalue weighted by molar-refractivity contribution is 5.75. The Kier molecular flexibility index (Phi) is 6.93. The van der Waals surface area contributed by atoms with Gasteiger partial charge in [-0.2, -0.15) is 0 Å². The van der Waals surface area contributed by atoms with Gasteiger partial charge in [-0.25, -0.2) is 4.79 Å². The Labute approximate surface area is 132 Å². The maximum atomic E-state index is 11.6. The molecule has 5 heteroatoms. The van der Waals surface area contributed by atoms with Crippen molar-refractivity contribution in [2.45, 2.75) is 13.3 Å². The van der Waals surface area contributed by atoms with E-state index in [9.17, 15) is 4.79 Å². The molecule has 1 aliphatic heterocycles. The number of aryl methyl sites for hydroxylation is 1. The molecular formula is C17H25N3O2. The number of ether oxygens (including phenoxy) is 1. The average molecular weight is 303 g/mol. The minimum atomic E-state index is -0.162. The van der Waals surface area contributed by atoms with E-state index in [0.29, 0.717) is 6.54 Å². The van der Waals surface area contributed by atoms with Crippen LogP contribution in [-0.4, -0.2) is 50.3 Å². The summed E-state index contributed by atoms with van der Waals surface area (Å²) in [7, 11) is 0. The molecule has 2 rings (SSSR count). The molecule has 1 heterocycles. The number of carbonyl (C=O) groups excluding carboxylic acids is 1. The summed E-state index contributed by atoms with van der Waals surface area (Å²) >= 11 is 0. The second-order valence-electron chi connectivity index (χ2n) is 5.45. The number of nitrogens with one attached hydrogen (secondary N) is 2. The molecule has 0 unspecified atom stereocenters. The van der Waals surface area contributed by atoms with E-state index in [2.05, 4.69) is 22.5 Å². The van der Waals surface area contributed by atoms with Crippen molar-refractivity contribution in [3.8, 4) is 0 Å². The maximum absolute atomic E-state index is 11.6. The lowest BCUT2D eigenvalue weighted by molar-refractivity contribution is 0.0375. The van der Waals surface area contributed by atoms with Crippen LogP contribution >= 0.6 is 0 Å². The molecule has 2 N–H and O–H groups in total. The third-order valence-electron chi connectivity index (χ3n) is 3.61. The highest BCUT2D eigenvalue weighted by Gasteiger charge is 2.09. The monoisotopic (exact) mass is 303 g/mol. The first kappa shape index (κ1) is 16.5. The van der Waals surface area contributed by atoms with Crippen molar-refractivity contribution in [3.63, 3.8) is 0 Å². The minimum absolute atomic E-state index is 0.162. The van der Waals surface area contributed by atoms with Gasteiger partial charge in [0, 0.05) is 25.8 Å². The number of morpholine rings is 1. The summed E-state index contributed by atoms with van der Waals surface area (Å²) in [5, 5.41) is 5.58. The summed E-state index contributed by atoms with van der Waals surface area (Å²) in [5.74, 6) is 0. The SMILES string of the molecule is Cc1ccc(/C=C/NC(=O)NCCCN2CCOCC2)cc1. The fourth-order valence-electron chi connectivity index (χ4n) is 2.27. The number of amides is 2. The molecule has 1 aromatic carbocycles. The molecule has 5 nitrogen and oxygen atoms in total. The third kappa shape index (κ3) is 6.28. The fourth-order valence-corrected chi connectivity index (χ4v) is 2.27. The van der Waals surface area contributed by atoms with E-state index < -0.39 is 0 Å². The number of carbonyl (C=O) groups is 1. The fraction of sp³-hybridized carbons (Fsp3) is 0.471. The van der Waals surface area contributed by atoms with Crippen LogP contribution in [0, 0.1) is 6.92 Å². The van der Waals surface area contributed by atoms with Gasteiger partial charge in [0.15, 0.2) is 0 Å². The molecule has 0 aromatic heterocycles. The average Bonchev–Trinajstić information content (AvgIpc) is 2.54. The lowest BCUT2D eigenvalue weighted by Crippen LogP contribution is -2.39. The van der Waals surface area contributed by atoms with Crippen LogP contribution in [0.4, 0.5) is 4.79 Å². The molecule has 1 aromatic rings. The van der Waals surface area contributed by atoms with Crippen LogP contribution in [0.2, 0.25) is 0 Å². The lowest BCUT2D eigenvalue weighted by Gasteiger charge is -2.26. The number of hydrogen-bond acceptors (Lipinski definition) is 3. The summed E-state index contributed by atoms with van der Waals surface area (Å²) in [6.45, 7) is 7.35. The highest BCUT2D eigenvalue weighted by atomic mass is 16.5. The minimum Gasteiger partial charge on any atom is -0.379 e. The van der Waals surface area contributed by atoms with Gasteiger partial charge in [-0.1, -0.05) is 29.8 Å². The van der Waals surface area contributed by atoms with Crippen LogP contribution in [0.3, 0.4) is 0 Å². The van der Waals surface area contributed by atoms with Crippen molar-refractivity contribution in [1.82, 2.24) is 15.5 Å². The van der Waals surface area contributed by atoms with E-state index in [1.54, 1.807) is 6.20 Å². The van der Waals surface area contributed by atoms with Crippen LogP contribution < -0.4 is 10.6 Å². The van der Waals surface area contributed by atoms with Gasteiger partial charge in [-0.05, 0) is 31.5 Å². The first-order valence-corrected chi connectivity index (χ1v) is 7.82. The van der Waals surface area contributed by atoms with Crippen molar-refractivity contribution >= 4 is 12.1 Å². The Bertz CT molecular complexity index is 479. The predicted octanol–water partition coefficient (Wildman–Crippen LogP) is 1.99. The molecule has 1 fully saturated rings. The first-order chi connectivity index (χ1) is 10.7. The number of hydrogen-bond donors (Lipinski definition) is 2. The van der Waals surface area contributed by atoms with Crippen molar-refractivity contribution in [2.24, 2.45) is 0 Å². The number of urea groups is 1. The van der Waals surface area contributed by atoms with Gasteiger partial charge in [-0.15, -0.1) is 0 Å². The highest BCUT2D eigenvalue weighted by Crippen LogP contribution is 2.04. The molecular weight excluding hydrogens is 278 g/mol. The lowest BCUT2D eigenvalue weighted by atomic mass is 10.1. The first-order valence-electron chi connectivity index (χ1n) is 7.82. The zero-order chi connectivity index (χ0) is 15.6. The van der Waals surface area contributed by atoms with E-state index in [-0.39, 0.29) is 6.03 Å². The number of rotatable bonds is 6. The van der Waals surface area contributed by atoms with Gasteiger partial charge in [0.2, 0.25) is 0 Å². The van der Waals surface area contributed by atoms with E-state index in [1.807, 2.05) is 30.3 Å². The molecule has 22 heavy (non-hydrogen) atoms. The summed E-state index contributed by atoms with van der Waals surface area (Å²) in [6, 6.07) is 7.98. The van der Waals surface area contributed by atoms with Crippen LogP contribution in [-0.2, 0) is 4.74 Å². The van der Waals surface area contributed by atoms with E-state index in [0.717, 1.165) is 44.8 Å². The zero-order valence-electron chi connectivity index (χ0n) is 13.2. The standard InChI is InChI=1S/C17H25N3O2/c1-15-3-5-16(6-4-15)7-9-19-17(21)18-8-2-10-20-11-13-22-14-12-20/h3-7,9H,2,8,10-14H2,1H3,(H2,18,19,21)/b9-7+. The summed E-state index contributed by atoms with van der Waals surface area (Å²) in [4.78, 5) is 14.0. The summed E-state index contributed by atoms with van der Waals surface area (Å²) in [5.41, 5.74) is 2.29. The van der Waals surface area contributed by atoms with Crippen LogP contribution in [0.25, 0.3) is 6.08 Å². The van der Waals surface area contributed by atoms with Gasteiger partial charge in [0.25, 0.3) is 0 Å². The molecule has 1 aliphatic rings. The molecule has 120 valence electrons. The largest absolute Gasteiger partial charge is 0.379 e. The Morgan fingerprint density at radius 1 is 1.27 bits per heavy atom. The molecule has 0 bridgehead atoms. The molecule has 0 radical (unpaired) electrons. The van der Waals surface area contributed by atoms with E-state index >= 15 is 0 Å². The maximum Gasteiger partial charge on any atom is 0.318 e. The Hall–Kier alpha value is -1.85. The van der Waals surface area contributed by atoms with Crippen molar-refractivity contribution in [1.29, 1.82) is 0 Å². The van der Waals surface area contributed by atoms with Crippen LogP contribution in [0.15, 0.2) is 30.5 Å². The Balaban J connectivity index is 1.56. The van der Waals surface area contributed by atoms with E-state index in [1.165, 1.54) is 5.56 Å². The van der Waals surface area contributed by atoms with Crippen molar-refractivity contribution in [3.05, 3.63) is 41.6 Å². The smallest absolute Gasteiger partial charge is 0.318 e. The summed E-state index contributed by atoms with van der Waals surface area (Å²) < 4.78 is 5.30. The number of nitrogens with zero attached hydrogens (tertiary/aromatic N) is 1. The molecule has 0 atom stereocenters. The number of benzene rings is 1. The van der Waals surface area contributed by atoms with Gasteiger partial charge in [0.1, 0.15) is 0 Å². The van der Waals surface area contributed by atoms with Crippen molar-refractivity contribution in [2.75, 3.05) is 39.4 Å². The summed E-state index contributed by atoms with van der Waals surface area (Å²) in [6.07, 6.45) is 4.50. The second-order valence-corrected chi connectivity index (χ2v) is 5.45. The van der Waals surface area contributed by atoms with Crippen LogP contribution in [0.5, 0.6) is 0 Å². The topological polar surface area (TPSA) is 53.6 Å². The van der Waals surface area contributed by atoms with Gasteiger partial charge < -0.3 is 15.4 Å². The second kappa shape index (κ2) is 9.23. The van der Waals surface area contributed by atoms with Crippen molar-refractivity contribution < 1.29 is 9.53 Å². The Morgan fingerprint density at radius 2 is 2.00 bits per heavy atom. The normalized spacial score (nSPS) is 15.9. The molecule has 0 aliphatic carbocycles. The van der Waals surface area contributed by atoms with Gasteiger partial charge in [-0.3, -0.25) is 4.90 Å². The van der Waals surface area contributed by atoms with Gasteiger partial charge >= 0.3 is 6.03 Å². The quantitative estimate of drug-likeness (QED) is 0.790. The molecule has 1 saturated heterocycles.